The summed E-state index contributed by atoms with van der Waals surface area (Å²) in [5, 5.41) is 9.78. The van der Waals surface area contributed by atoms with Gasteiger partial charge in [-0.25, -0.2) is 4.79 Å². The number of aliphatic carboxylic acids is 1. The van der Waals surface area contributed by atoms with Gasteiger partial charge in [0, 0.05) is 12.8 Å². The van der Waals surface area contributed by atoms with Crippen molar-refractivity contribution in [3.8, 4) is 0 Å². The summed E-state index contributed by atoms with van der Waals surface area (Å²) in [5.41, 5.74) is 0. The fourth-order valence-corrected chi connectivity index (χ4v) is 11.9. The van der Waals surface area contributed by atoms with E-state index < -0.39 is 24.3 Å². The van der Waals surface area contributed by atoms with Crippen molar-refractivity contribution in [1.29, 1.82) is 0 Å². The first-order chi connectivity index (χ1) is 48.6. The summed E-state index contributed by atoms with van der Waals surface area (Å²) in [6.45, 7) is 4.80. The molecule has 0 aliphatic heterocycles. The number of hydrogen-bond acceptors (Lipinski definition) is 7. The van der Waals surface area contributed by atoms with Crippen LogP contribution >= 0.6 is 0 Å². The number of rotatable bonds is 77. The van der Waals surface area contributed by atoms with Crippen molar-refractivity contribution in [3.05, 3.63) is 122 Å². The van der Waals surface area contributed by atoms with Gasteiger partial charge in [-0.15, -0.1) is 0 Å². The zero-order chi connectivity index (χ0) is 71.8. The summed E-state index contributed by atoms with van der Waals surface area (Å²) in [7, 11) is 5.99. The molecule has 0 rings (SSSR count). The van der Waals surface area contributed by atoms with E-state index in [-0.39, 0.29) is 32.2 Å². The normalized spacial score (nSPS) is 13.3. The average molecular weight is 1380 g/mol. The molecule has 9 nitrogen and oxygen atoms in total. The van der Waals surface area contributed by atoms with E-state index in [0.29, 0.717) is 17.4 Å². The van der Waals surface area contributed by atoms with Crippen LogP contribution in [-0.2, 0) is 33.3 Å². The summed E-state index contributed by atoms with van der Waals surface area (Å²) in [6.07, 6.45) is 111. The van der Waals surface area contributed by atoms with E-state index in [2.05, 4.69) is 135 Å². The van der Waals surface area contributed by atoms with Crippen molar-refractivity contribution < 1.29 is 42.9 Å². The Bertz CT molecular complexity index is 2050. The van der Waals surface area contributed by atoms with Crippen LogP contribution in [0.4, 0.5) is 0 Å². The third kappa shape index (κ3) is 80.9. The Labute approximate surface area is 612 Å². The SMILES string of the molecule is CC/C=C\C/C=C\C/C=C\C/C=C\C/C=C\C/C=C\C/C=C\C/C=C\C/C=C\CCCCCCCCCCCCCCCC(=O)OC(COC(=O)CCCCCCCCCCCCCCCCCCCCCCC/C=C\CCCCCCCCCC)COC(OCC[N+](C)(C)C)C(=O)O. The van der Waals surface area contributed by atoms with E-state index in [1.165, 1.54) is 244 Å². The van der Waals surface area contributed by atoms with Crippen molar-refractivity contribution in [3.63, 3.8) is 0 Å². The number of hydrogen-bond donors (Lipinski definition) is 1. The van der Waals surface area contributed by atoms with Crippen LogP contribution in [0, 0.1) is 0 Å². The first kappa shape index (κ1) is 94.7. The van der Waals surface area contributed by atoms with Gasteiger partial charge in [0.25, 0.3) is 6.29 Å². The first-order valence-electron chi connectivity index (χ1n) is 41.7. The van der Waals surface area contributed by atoms with Gasteiger partial charge in [0.1, 0.15) is 13.2 Å². The van der Waals surface area contributed by atoms with Gasteiger partial charge in [0.2, 0.25) is 0 Å². The number of ether oxygens (including phenoxy) is 4. The van der Waals surface area contributed by atoms with E-state index in [1.54, 1.807) is 0 Å². The lowest BCUT2D eigenvalue weighted by atomic mass is 10.0. The molecule has 0 spiro atoms. The predicted octanol–water partition coefficient (Wildman–Crippen LogP) is 27.0. The Morgan fingerprint density at radius 3 is 0.869 bits per heavy atom. The summed E-state index contributed by atoms with van der Waals surface area (Å²) in [4.78, 5) is 37.8. The smallest absolute Gasteiger partial charge is 0.361 e. The second-order valence-corrected chi connectivity index (χ2v) is 29.1. The highest BCUT2D eigenvalue weighted by Crippen LogP contribution is 2.19. The van der Waals surface area contributed by atoms with E-state index in [0.717, 1.165) is 103 Å². The molecule has 0 radical (unpaired) electrons. The third-order valence-corrected chi connectivity index (χ3v) is 18.2. The number of esters is 2. The molecule has 0 bridgehead atoms. The number of carbonyl (C=O) groups is 3. The van der Waals surface area contributed by atoms with Gasteiger partial charge in [-0.2, -0.15) is 0 Å². The molecule has 0 fully saturated rings. The van der Waals surface area contributed by atoms with Crippen molar-refractivity contribution in [2.45, 2.75) is 386 Å². The van der Waals surface area contributed by atoms with Crippen LogP contribution in [0.3, 0.4) is 0 Å². The minimum Gasteiger partial charge on any atom is -0.477 e. The quantitative estimate of drug-likeness (QED) is 0.0211. The van der Waals surface area contributed by atoms with Crippen LogP contribution < -0.4 is 0 Å². The van der Waals surface area contributed by atoms with Crippen LogP contribution in [0.15, 0.2) is 122 Å². The minimum absolute atomic E-state index is 0.183. The van der Waals surface area contributed by atoms with E-state index in [9.17, 15) is 19.5 Å². The zero-order valence-corrected chi connectivity index (χ0v) is 65.4. The highest BCUT2D eigenvalue weighted by atomic mass is 16.7. The number of carboxylic acids is 1. The monoisotopic (exact) mass is 1380 g/mol. The Morgan fingerprint density at radius 1 is 0.313 bits per heavy atom. The van der Waals surface area contributed by atoms with Crippen molar-refractivity contribution >= 4 is 17.9 Å². The van der Waals surface area contributed by atoms with Gasteiger partial charge in [0.15, 0.2) is 6.10 Å². The molecule has 2 unspecified atom stereocenters. The molecule has 99 heavy (non-hydrogen) atoms. The van der Waals surface area contributed by atoms with Gasteiger partial charge >= 0.3 is 17.9 Å². The second-order valence-electron chi connectivity index (χ2n) is 29.1. The molecular formula is C90H158NO8+. The lowest BCUT2D eigenvalue weighted by Gasteiger charge is -2.25. The number of carbonyl (C=O) groups excluding carboxylic acids is 2. The first-order valence-corrected chi connectivity index (χ1v) is 41.7. The molecule has 0 heterocycles. The molecule has 1 N–H and O–H groups in total. The lowest BCUT2D eigenvalue weighted by molar-refractivity contribution is -0.870. The molecule has 0 aliphatic rings. The lowest BCUT2D eigenvalue weighted by Crippen LogP contribution is -2.40. The topological polar surface area (TPSA) is 108 Å². The maximum absolute atomic E-state index is 13.0. The highest BCUT2D eigenvalue weighted by Gasteiger charge is 2.25. The molecule has 0 saturated heterocycles. The Kier molecular flexibility index (Phi) is 75.9. The molecule has 2 atom stereocenters. The van der Waals surface area contributed by atoms with Crippen LogP contribution in [-0.4, -0.2) is 87.4 Å². The van der Waals surface area contributed by atoms with Gasteiger partial charge in [0.05, 0.1) is 34.4 Å². The summed E-state index contributed by atoms with van der Waals surface area (Å²) < 4.78 is 23.1. The van der Waals surface area contributed by atoms with Gasteiger partial charge in [-0.3, -0.25) is 9.59 Å². The molecule has 0 saturated carbocycles. The largest absolute Gasteiger partial charge is 0.477 e. The van der Waals surface area contributed by atoms with E-state index >= 15 is 0 Å². The van der Waals surface area contributed by atoms with Crippen LogP contribution in [0.5, 0.6) is 0 Å². The number of unbranched alkanes of at least 4 members (excludes halogenated alkanes) is 42. The molecule has 0 aromatic heterocycles. The number of allylic oxidation sites excluding steroid dienone is 20. The maximum atomic E-state index is 13.0. The molecule has 9 heteroatoms. The third-order valence-electron chi connectivity index (χ3n) is 18.2. The van der Waals surface area contributed by atoms with Crippen molar-refractivity contribution in [2.75, 3.05) is 47.5 Å². The Morgan fingerprint density at radius 2 is 0.576 bits per heavy atom. The molecule has 0 amide bonds. The zero-order valence-electron chi connectivity index (χ0n) is 65.4. The highest BCUT2D eigenvalue weighted by molar-refractivity contribution is 5.71. The van der Waals surface area contributed by atoms with Crippen LogP contribution in [0.25, 0.3) is 0 Å². The van der Waals surface area contributed by atoms with Crippen molar-refractivity contribution in [2.24, 2.45) is 0 Å². The molecular weight excluding hydrogens is 1220 g/mol. The molecule has 0 aliphatic carbocycles. The van der Waals surface area contributed by atoms with Crippen LogP contribution in [0.1, 0.15) is 373 Å². The number of nitrogens with zero attached hydrogens (tertiary/aromatic N) is 1. The average Bonchev–Trinajstić information content (AvgIpc) is 2.62. The number of carboxylic acid groups (broad SMARTS) is 1. The Hall–Kier alpha value is -4.31. The van der Waals surface area contributed by atoms with Gasteiger partial charge < -0.3 is 28.5 Å². The van der Waals surface area contributed by atoms with Gasteiger partial charge in [-0.1, -0.05) is 373 Å². The maximum Gasteiger partial charge on any atom is 0.361 e. The van der Waals surface area contributed by atoms with E-state index in [4.69, 9.17) is 18.9 Å². The molecule has 0 aromatic rings. The Balaban J connectivity index is 4.03. The van der Waals surface area contributed by atoms with Crippen LogP contribution in [0.2, 0.25) is 0 Å². The number of quaternary nitrogens is 1. The van der Waals surface area contributed by atoms with E-state index in [1.807, 2.05) is 21.1 Å². The summed E-state index contributed by atoms with van der Waals surface area (Å²) >= 11 is 0. The summed E-state index contributed by atoms with van der Waals surface area (Å²) in [6, 6.07) is 0. The standard InChI is InChI=1S/C90H157NO8/c1-6-8-10-12-14-16-18-20-22-24-26-28-30-32-34-36-38-40-41-42-43-44-45-46-47-49-51-53-55-57-59-61-63-65-67-69-71-73-75-77-79-81-88(93)99-86(85-98-90(89(94)95)96-83-82-91(3,4)5)84-97-87(92)80-78-76-74-72-70-68-66-64-62-60-58-56-54-52-50-48-39-37-35-33-31-29-27-25-23-21-19-17-15-13-11-9-7-2/h8,10,14,16,20,22,25-28,32,34,38,40,42-43,45-46,49,51,86,90H,6-7,9,11-13,15,17-19,21,23-24,29-31,33,35-37,39,41,44,47-48,50,52-85H2,1-5H3/p+1/b10-8-,16-14-,22-20-,27-25-,28-26-,34-32-,40-38-,43-42-,46-45-,51-49-. The number of likely N-dealkylation sites (N-methyl/N-ethyl adjacent to an activating group) is 1. The summed E-state index contributed by atoms with van der Waals surface area (Å²) in [5.74, 6) is -1.99. The van der Waals surface area contributed by atoms with Crippen molar-refractivity contribution in [1.82, 2.24) is 0 Å². The minimum atomic E-state index is -1.52. The molecule has 570 valence electrons. The molecule has 0 aromatic carbocycles. The fraction of sp³-hybridized carbons (Fsp3) is 0.744. The fourth-order valence-electron chi connectivity index (χ4n) is 11.9. The second kappa shape index (κ2) is 79.4. The van der Waals surface area contributed by atoms with Gasteiger partial charge in [-0.05, 0) is 109 Å². The predicted molar refractivity (Wildman–Crippen MR) is 428 cm³/mol.